The van der Waals surface area contributed by atoms with Gasteiger partial charge in [-0.2, -0.15) is 0 Å². The number of hydrogen-bond acceptors (Lipinski definition) is 5. The van der Waals surface area contributed by atoms with Gasteiger partial charge in [0.15, 0.2) is 0 Å². The number of ether oxygens (including phenoxy) is 1. The molecule has 0 bridgehead atoms. The molecular weight excluding hydrogens is 258 g/mol. The smallest absolute Gasteiger partial charge is 0.306 e. The fourth-order valence-electron chi connectivity index (χ4n) is 1.40. The second-order valence-corrected chi connectivity index (χ2v) is 5.57. The van der Waals surface area contributed by atoms with Gasteiger partial charge >= 0.3 is 5.97 Å². The number of H-pyrrole nitrogens is 1. The lowest BCUT2D eigenvalue weighted by Gasteiger charge is -2.14. The molecule has 1 aromatic rings. The Morgan fingerprint density at radius 2 is 2.33 bits per heavy atom. The number of aromatic nitrogens is 2. The van der Waals surface area contributed by atoms with Crippen LogP contribution in [-0.4, -0.2) is 37.2 Å². The van der Waals surface area contributed by atoms with Gasteiger partial charge in [0.25, 0.3) is 0 Å². The van der Waals surface area contributed by atoms with E-state index in [4.69, 9.17) is 0 Å². The van der Waals surface area contributed by atoms with Gasteiger partial charge in [0.1, 0.15) is 5.82 Å². The molecule has 1 aromatic heterocycles. The van der Waals surface area contributed by atoms with Crippen molar-refractivity contribution in [2.24, 2.45) is 0 Å². The molecule has 1 unspecified atom stereocenters. The van der Waals surface area contributed by atoms with Crippen LogP contribution >= 0.6 is 0 Å². The highest BCUT2D eigenvalue weighted by atomic mass is 32.2. The maximum Gasteiger partial charge on any atom is 0.306 e. The molecule has 7 nitrogen and oxygen atoms in total. The van der Waals surface area contributed by atoms with Crippen LogP contribution in [-0.2, 0) is 19.6 Å². The zero-order chi connectivity index (χ0) is 13.6. The minimum absolute atomic E-state index is 0.166. The quantitative estimate of drug-likeness (QED) is 0.699. The number of imidazole rings is 1. The van der Waals surface area contributed by atoms with Gasteiger partial charge in [-0.3, -0.25) is 4.79 Å². The minimum Gasteiger partial charge on any atom is -0.469 e. The van der Waals surface area contributed by atoms with E-state index in [-0.39, 0.29) is 12.2 Å². The van der Waals surface area contributed by atoms with E-state index in [1.54, 1.807) is 12.4 Å². The van der Waals surface area contributed by atoms with Crippen LogP contribution in [0.25, 0.3) is 0 Å². The van der Waals surface area contributed by atoms with E-state index in [2.05, 4.69) is 19.4 Å². The molecule has 0 aliphatic heterocycles. The van der Waals surface area contributed by atoms with E-state index in [1.807, 2.05) is 6.92 Å². The molecule has 0 amide bonds. The van der Waals surface area contributed by atoms with Crippen molar-refractivity contribution in [3.63, 3.8) is 0 Å². The van der Waals surface area contributed by atoms with Gasteiger partial charge < -0.3 is 9.72 Å². The van der Waals surface area contributed by atoms with Crippen molar-refractivity contribution >= 4 is 16.0 Å². The summed E-state index contributed by atoms with van der Waals surface area (Å²) in [6, 6.07) is -0.414. The fraction of sp³-hybridized carbons (Fsp3) is 0.600. The summed E-state index contributed by atoms with van der Waals surface area (Å²) in [4.78, 5) is 17.8. The first kappa shape index (κ1) is 14.7. The van der Waals surface area contributed by atoms with Gasteiger partial charge in [-0.1, -0.05) is 6.92 Å². The topological polar surface area (TPSA) is 101 Å². The van der Waals surface area contributed by atoms with Crippen LogP contribution in [0.15, 0.2) is 12.4 Å². The second kappa shape index (κ2) is 6.50. The van der Waals surface area contributed by atoms with Crippen LogP contribution < -0.4 is 4.72 Å². The van der Waals surface area contributed by atoms with Crippen LogP contribution in [0.1, 0.15) is 31.6 Å². The van der Waals surface area contributed by atoms with Gasteiger partial charge in [0.05, 0.1) is 25.3 Å². The Bertz CT molecular complexity index is 469. The number of aromatic amines is 1. The monoisotopic (exact) mass is 275 g/mol. The van der Waals surface area contributed by atoms with Crippen molar-refractivity contribution in [3.05, 3.63) is 18.2 Å². The molecule has 2 N–H and O–H groups in total. The number of carbonyl (C=O) groups excluding carboxylic acids is 1. The third-order valence-electron chi connectivity index (χ3n) is 2.38. The lowest BCUT2D eigenvalue weighted by Crippen LogP contribution is -2.31. The molecule has 0 saturated heterocycles. The number of hydrogen-bond donors (Lipinski definition) is 2. The minimum atomic E-state index is -3.53. The summed E-state index contributed by atoms with van der Waals surface area (Å²) in [6.07, 6.45) is 3.58. The third kappa shape index (κ3) is 4.46. The van der Waals surface area contributed by atoms with E-state index in [0.717, 1.165) is 0 Å². The van der Waals surface area contributed by atoms with Gasteiger partial charge in [-0.05, 0) is 6.42 Å². The van der Waals surface area contributed by atoms with Crippen molar-refractivity contribution in [2.75, 3.05) is 12.9 Å². The Hall–Kier alpha value is -1.41. The summed E-state index contributed by atoms with van der Waals surface area (Å²) in [6.45, 7) is 1.84. The average molecular weight is 275 g/mol. The number of rotatable bonds is 7. The Morgan fingerprint density at radius 1 is 1.61 bits per heavy atom. The fourth-order valence-corrected chi connectivity index (χ4v) is 2.66. The van der Waals surface area contributed by atoms with E-state index in [9.17, 15) is 13.2 Å². The van der Waals surface area contributed by atoms with Crippen LogP contribution in [0.5, 0.6) is 0 Å². The number of esters is 1. The van der Waals surface area contributed by atoms with E-state index in [1.165, 1.54) is 7.11 Å². The molecule has 0 aromatic carbocycles. The van der Waals surface area contributed by atoms with E-state index >= 15 is 0 Å². The van der Waals surface area contributed by atoms with E-state index < -0.39 is 22.0 Å². The Morgan fingerprint density at radius 3 is 2.83 bits per heavy atom. The number of methoxy groups -OCH3 is 1. The first-order valence-corrected chi connectivity index (χ1v) is 7.19. The van der Waals surface area contributed by atoms with Gasteiger partial charge in [-0.25, -0.2) is 18.1 Å². The molecule has 0 aliphatic carbocycles. The molecule has 1 heterocycles. The highest BCUT2D eigenvalue weighted by molar-refractivity contribution is 7.89. The summed E-state index contributed by atoms with van der Waals surface area (Å²) in [7, 11) is -2.31. The molecule has 1 rings (SSSR count). The molecule has 0 fully saturated rings. The standard InChI is InChI=1S/C10H17N3O4S/c1-3-8(10-11-5-6-12-10)13-18(15,16)7-4-9(14)17-2/h5-6,8,13H,3-4,7H2,1-2H3,(H,11,12). The molecule has 0 saturated carbocycles. The maximum atomic E-state index is 11.8. The molecular formula is C10H17N3O4S. The van der Waals surface area contributed by atoms with Crippen molar-refractivity contribution in [2.45, 2.75) is 25.8 Å². The van der Waals surface area contributed by atoms with Crippen molar-refractivity contribution < 1.29 is 17.9 Å². The summed E-state index contributed by atoms with van der Waals surface area (Å²) in [5.41, 5.74) is 0. The lowest BCUT2D eigenvalue weighted by atomic mass is 10.2. The van der Waals surface area contributed by atoms with E-state index in [0.29, 0.717) is 12.2 Å². The second-order valence-electron chi connectivity index (χ2n) is 3.70. The Balaban J connectivity index is 2.61. The van der Waals surface area contributed by atoms with Crippen LogP contribution in [0.4, 0.5) is 0 Å². The van der Waals surface area contributed by atoms with Crippen LogP contribution in [0, 0.1) is 0 Å². The molecule has 0 radical (unpaired) electrons. The Labute approximate surface area is 106 Å². The third-order valence-corrected chi connectivity index (χ3v) is 3.77. The SMILES string of the molecule is CCC(NS(=O)(=O)CCC(=O)OC)c1ncc[nH]1. The summed E-state index contributed by atoms with van der Waals surface area (Å²) < 4.78 is 30.4. The predicted molar refractivity (Wildman–Crippen MR) is 65.2 cm³/mol. The summed E-state index contributed by atoms with van der Waals surface area (Å²) >= 11 is 0. The largest absolute Gasteiger partial charge is 0.469 e. The highest BCUT2D eigenvalue weighted by Gasteiger charge is 2.20. The summed E-state index contributed by atoms with van der Waals surface area (Å²) in [5, 5.41) is 0. The Kier molecular flexibility index (Phi) is 5.29. The average Bonchev–Trinajstić information content (AvgIpc) is 2.87. The van der Waals surface area contributed by atoms with Crippen LogP contribution in [0.3, 0.4) is 0 Å². The zero-order valence-corrected chi connectivity index (χ0v) is 11.2. The maximum absolute atomic E-state index is 11.8. The number of carbonyl (C=O) groups is 1. The summed E-state index contributed by atoms with van der Waals surface area (Å²) in [5.74, 6) is -0.290. The number of sulfonamides is 1. The van der Waals surface area contributed by atoms with Crippen LogP contribution in [0.2, 0.25) is 0 Å². The number of nitrogens with zero attached hydrogens (tertiary/aromatic N) is 1. The first-order valence-electron chi connectivity index (χ1n) is 5.54. The lowest BCUT2D eigenvalue weighted by molar-refractivity contribution is -0.140. The molecule has 8 heteroatoms. The highest BCUT2D eigenvalue weighted by Crippen LogP contribution is 2.13. The predicted octanol–water partition coefficient (Wildman–Crippen LogP) is 0.343. The normalized spacial score (nSPS) is 13.2. The number of nitrogens with one attached hydrogen (secondary N) is 2. The van der Waals surface area contributed by atoms with Gasteiger partial charge in [0.2, 0.25) is 10.0 Å². The van der Waals surface area contributed by atoms with Crippen molar-refractivity contribution in [1.29, 1.82) is 0 Å². The molecule has 18 heavy (non-hydrogen) atoms. The first-order chi connectivity index (χ1) is 8.48. The molecule has 0 aliphatic rings. The molecule has 102 valence electrons. The van der Waals surface area contributed by atoms with Crippen molar-refractivity contribution in [1.82, 2.24) is 14.7 Å². The van der Waals surface area contributed by atoms with Gasteiger partial charge in [-0.15, -0.1) is 0 Å². The van der Waals surface area contributed by atoms with Crippen molar-refractivity contribution in [3.8, 4) is 0 Å². The van der Waals surface area contributed by atoms with Gasteiger partial charge in [0, 0.05) is 12.4 Å². The molecule has 0 spiro atoms. The zero-order valence-electron chi connectivity index (χ0n) is 10.3. The molecule has 1 atom stereocenters.